The highest BCUT2D eigenvalue weighted by atomic mass is 16.3. The molecule has 2 N–H and O–H groups in total. The van der Waals surface area contributed by atoms with Gasteiger partial charge in [0.25, 0.3) is 0 Å². The maximum atomic E-state index is 11.9. The quantitative estimate of drug-likeness (QED) is 0.882. The number of aromatic hydroxyl groups is 1. The summed E-state index contributed by atoms with van der Waals surface area (Å²) in [5.74, 6) is 1.22. The standard InChI is InChI=1S/C20H27NO2/c22-16-6-5-15-11-18-20(23)8-2-1-7-19(20,17(15)12-16)9-10-21(18)13-14-3-4-14/h5-6,12,14,18,22-23H,1-4,7-11,13H2/t18-,19+,20?/m1/s1. The Hall–Kier alpha value is -1.06. The van der Waals surface area contributed by atoms with E-state index in [4.69, 9.17) is 0 Å². The van der Waals surface area contributed by atoms with Gasteiger partial charge >= 0.3 is 0 Å². The van der Waals surface area contributed by atoms with Gasteiger partial charge in [0.1, 0.15) is 5.75 Å². The van der Waals surface area contributed by atoms with Crippen molar-refractivity contribution in [3.63, 3.8) is 0 Å². The Bertz CT molecular complexity index is 641. The molecular formula is C20H27NO2. The number of phenols is 1. The van der Waals surface area contributed by atoms with Gasteiger partial charge in [0.15, 0.2) is 0 Å². The van der Waals surface area contributed by atoms with Crippen molar-refractivity contribution in [2.24, 2.45) is 5.92 Å². The number of aliphatic hydroxyl groups is 1. The van der Waals surface area contributed by atoms with E-state index in [9.17, 15) is 10.2 Å². The first-order valence-corrected chi connectivity index (χ1v) is 9.41. The van der Waals surface area contributed by atoms with Gasteiger partial charge in [0, 0.05) is 18.0 Å². The van der Waals surface area contributed by atoms with Crippen LogP contribution in [-0.4, -0.2) is 39.8 Å². The molecule has 0 radical (unpaired) electrons. The Balaban J connectivity index is 1.64. The zero-order valence-corrected chi connectivity index (χ0v) is 13.8. The van der Waals surface area contributed by atoms with Crippen molar-refractivity contribution in [3.05, 3.63) is 29.3 Å². The van der Waals surface area contributed by atoms with Crippen LogP contribution >= 0.6 is 0 Å². The monoisotopic (exact) mass is 313 g/mol. The van der Waals surface area contributed by atoms with E-state index >= 15 is 0 Å². The van der Waals surface area contributed by atoms with E-state index < -0.39 is 5.60 Å². The summed E-state index contributed by atoms with van der Waals surface area (Å²) in [6.07, 6.45) is 9.08. The van der Waals surface area contributed by atoms with Crippen molar-refractivity contribution in [2.45, 2.75) is 68.4 Å². The molecule has 23 heavy (non-hydrogen) atoms. The Morgan fingerprint density at radius 3 is 2.78 bits per heavy atom. The summed E-state index contributed by atoms with van der Waals surface area (Å²) in [6, 6.07) is 6.16. The SMILES string of the molecule is Oc1ccc2c(c1)[C@@]13CCCCC1(O)[C@@H](C2)N(CC1CC1)CC3. The molecule has 3 atom stereocenters. The molecule has 3 fully saturated rings. The van der Waals surface area contributed by atoms with Crippen LogP contribution in [0.5, 0.6) is 5.75 Å². The van der Waals surface area contributed by atoms with Gasteiger partial charge < -0.3 is 10.2 Å². The van der Waals surface area contributed by atoms with Gasteiger partial charge in [-0.2, -0.15) is 0 Å². The number of phenolic OH excluding ortho intramolecular Hbond substituents is 1. The Morgan fingerprint density at radius 1 is 1.13 bits per heavy atom. The molecule has 3 heteroatoms. The lowest BCUT2D eigenvalue weighted by Gasteiger charge is -2.64. The van der Waals surface area contributed by atoms with Crippen LogP contribution < -0.4 is 0 Å². The lowest BCUT2D eigenvalue weighted by molar-refractivity contribution is -0.166. The molecule has 3 nitrogen and oxygen atoms in total. The highest BCUT2D eigenvalue weighted by Gasteiger charge is 2.63. The van der Waals surface area contributed by atoms with Crippen LogP contribution in [0.3, 0.4) is 0 Å². The molecule has 1 aliphatic heterocycles. The van der Waals surface area contributed by atoms with Gasteiger partial charge in [-0.05, 0) is 74.2 Å². The molecule has 1 aromatic carbocycles. The summed E-state index contributed by atoms with van der Waals surface area (Å²) < 4.78 is 0. The summed E-state index contributed by atoms with van der Waals surface area (Å²) in [4.78, 5) is 2.61. The lowest BCUT2D eigenvalue weighted by Crippen LogP contribution is -2.72. The third kappa shape index (κ3) is 1.90. The molecule has 0 amide bonds. The van der Waals surface area contributed by atoms with Crippen LogP contribution in [0.25, 0.3) is 0 Å². The average Bonchev–Trinajstić information content (AvgIpc) is 3.34. The van der Waals surface area contributed by atoms with E-state index in [1.165, 1.54) is 36.9 Å². The second kappa shape index (κ2) is 4.73. The van der Waals surface area contributed by atoms with E-state index in [0.717, 1.165) is 44.6 Å². The van der Waals surface area contributed by atoms with E-state index in [1.807, 2.05) is 12.1 Å². The number of rotatable bonds is 2. The van der Waals surface area contributed by atoms with Crippen LogP contribution in [0.2, 0.25) is 0 Å². The normalized spacial score (nSPS) is 39.6. The zero-order chi connectivity index (χ0) is 15.7. The highest BCUT2D eigenvalue weighted by Crippen LogP contribution is 2.58. The van der Waals surface area contributed by atoms with Crippen molar-refractivity contribution >= 4 is 0 Å². The van der Waals surface area contributed by atoms with E-state index in [0.29, 0.717) is 5.75 Å². The van der Waals surface area contributed by atoms with Crippen molar-refractivity contribution in [1.82, 2.24) is 4.90 Å². The molecule has 5 rings (SSSR count). The first-order valence-electron chi connectivity index (χ1n) is 9.41. The van der Waals surface area contributed by atoms with Crippen LogP contribution in [0.4, 0.5) is 0 Å². The molecule has 0 spiro atoms. The predicted octanol–water partition coefficient (Wildman–Crippen LogP) is 2.98. The molecular weight excluding hydrogens is 286 g/mol. The summed E-state index contributed by atoms with van der Waals surface area (Å²) in [5, 5.41) is 21.9. The molecule has 1 saturated heterocycles. The minimum atomic E-state index is -0.598. The molecule has 3 aliphatic carbocycles. The number of hydrogen-bond acceptors (Lipinski definition) is 3. The smallest absolute Gasteiger partial charge is 0.115 e. The van der Waals surface area contributed by atoms with Crippen molar-refractivity contribution in [3.8, 4) is 5.75 Å². The average molecular weight is 313 g/mol. The summed E-state index contributed by atoms with van der Waals surface area (Å²) in [7, 11) is 0. The first-order chi connectivity index (χ1) is 11.1. The predicted molar refractivity (Wildman–Crippen MR) is 89.6 cm³/mol. The molecule has 0 aromatic heterocycles. The fourth-order valence-corrected chi connectivity index (χ4v) is 5.94. The fraction of sp³-hybridized carbons (Fsp3) is 0.700. The van der Waals surface area contributed by atoms with E-state index in [2.05, 4.69) is 11.0 Å². The van der Waals surface area contributed by atoms with E-state index in [1.54, 1.807) is 0 Å². The number of fused-ring (bicyclic) bond motifs is 1. The molecule has 2 saturated carbocycles. The van der Waals surface area contributed by atoms with Crippen molar-refractivity contribution in [2.75, 3.05) is 13.1 Å². The third-order valence-electron chi connectivity index (χ3n) is 7.27. The first kappa shape index (κ1) is 14.3. The number of nitrogens with zero attached hydrogens (tertiary/aromatic N) is 1. The Morgan fingerprint density at radius 2 is 1.96 bits per heavy atom. The topological polar surface area (TPSA) is 43.7 Å². The maximum Gasteiger partial charge on any atom is 0.115 e. The van der Waals surface area contributed by atoms with Gasteiger partial charge in [-0.25, -0.2) is 0 Å². The zero-order valence-electron chi connectivity index (χ0n) is 13.8. The molecule has 1 heterocycles. The third-order valence-corrected chi connectivity index (χ3v) is 7.27. The van der Waals surface area contributed by atoms with E-state index in [-0.39, 0.29) is 11.5 Å². The second-order valence-corrected chi connectivity index (χ2v) is 8.46. The number of benzene rings is 1. The molecule has 1 aromatic rings. The van der Waals surface area contributed by atoms with Crippen LogP contribution in [-0.2, 0) is 11.8 Å². The van der Waals surface area contributed by atoms with Crippen LogP contribution in [0.15, 0.2) is 18.2 Å². The van der Waals surface area contributed by atoms with Gasteiger partial charge in [-0.15, -0.1) is 0 Å². The number of hydrogen-bond donors (Lipinski definition) is 2. The molecule has 4 aliphatic rings. The summed E-state index contributed by atoms with van der Waals surface area (Å²) in [5.41, 5.74) is 1.89. The molecule has 1 unspecified atom stereocenters. The molecule has 2 bridgehead atoms. The maximum absolute atomic E-state index is 11.9. The summed E-state index contributed by atoms with van der Waals surface area (Å²) in [6.45, 7) is 2.29. The number of likely N-dealkylation sites (tertiary alicyclic amines) is 1. The van der Waals surface area contributed by atoms with Crippen molar-refractivity contribution in [1.29, 1.82) is 0 Å². The van der Waals surface area contributed by atoms with Crippen LogP contribution in [0, 0.1) is 5.92 Å². The summed E-state index contributed by atoms with van der Waals surface area (Å²) >= 11 is 0. The largest absolute Gasteiger partial charge is 0.508 e. The van der Waals surface area contributed by atoms with Gasteiger partial charge in [0.2, 0.25) is 0 Å². The lowest BCUT2D eigenvalue weighted by atomic mass is 9.49. The fourth-order valence-electron chi connectivity index (χ4n) is 5.94. The van der Waals surface area contributed by atoms with Gasteiger partial charge in [0.05, 0.1) is 5.60 Å². The molecule has 124 valence electrons. The van der Waals surface area contributed by atoms with Crippen LogP contribution in [0.1, 0.15) is 56.1 Å². The minimum Gasteiger partial charge on any atom is -0.508 e. The minimum absolute atomic E-state index is 0.123. The highest BCUT2D eigenvalue weighted by molar-refractivity contribution is 5.48. The van der Waals surface area contributed by atoms with Crippen molar-refractivity contribution < 1.29 is 10.2 Å². The number of piperidine rings is 1. The van der Waals surface area contributed by atoms with Gasteiger partial charge in [-0.1, -0.05) is 18.9 Å². The van der Waals surface area contributed by atoms with Gasteiger partial charge in [-0.3, -0.25) is 4.90 Å². The Kier molecular flexibility index (Phi) is 2.94. The second-order valence-electron chi connectivity index (χ2n) is 8.46. The Labute approximate surface area is 138 Å².